The lowest BCUT2D eigenvalue weighted by Gasteiger charge is -2.01. The predicted molar refractivity (Wildman–Crippen MR) is 66.2 cm³/mol. The number of hydrogen-bond donors (Lipinski definition) is 1. The smallest absolute Gasteiger partial charge is 0.159 e. The number of nitrogen functional groups attached to an aromatic ring is 1. The highest BCUT2D eigenvalue weighted by molar-refractivity contribution is 5.76. The molecule has 3 rings (SSSR count). The summed E-state index contributed by atoms with van der Waals surface area (Å²) in [6.45, 7) is 0. The van der Waals surface area contributed by atoms with Crippen LogP contribution in [-0.4, -0.2) is 19.5 Å². The molecule has 84 valence electrons. The second-order valence-electron chi connectivity index (χ2n) is 3.81. The highest BCUT2D eigenvalue weighted by Gasteiger charge is 2.10. The highest BCUT2D eigenvalue weighted by atomic mass is 15.1. The normalized spacial score (nSPS) is 10.9. The largest absolute Gasteiger partial charge is 0.384 e. The van der Waals surface area contributed by atoms with Crippen LogP contribution in [0.4, 0.5) is 5.82 Å². The SMILES string of the molecule is Cn1c(-c2ccc(N)nc2)nc2cccnc21. The van der Waals surface area contributed by atoms with Crippen LogP contribution in [0.2, 0.25) is 0 Å². The summed E-state index contributed by atoms with van der Waals surface area (Å²) in [6, 6.07) is 7.49. The minimum atomic E-state index is 0.505. The van der Waals surface area contributed by atoms with E-state index in [1.165, 1.54) is 0 Å². The standard InChI is InChI=1S/C12H11N5/c1-17-11(8-4-5-10(13)15-7-8)16-9-3-2-6-14-12(9)17/h2-7H,1H3,(H2,13,15). The van der Waals surface area contributed by atoms with E-state index in [1.54, 1.807) is 18.5 Å². The number of imidazole rings is 1. The zero-order valence-corrected chi connectivity index (χ0v) is 9.33. The first-order valence-electron chi connectivity index (χ1n) is 5.25. The average molecular weight is 225 g/mol. The summed E-state index contributed by atoms with van der Waals surface area (Å²) in [5.74, 6) is 1.34. The van der Waals surface area contributed by atoms with Gasteiger partial charge in [-0.1, -0.05) is 0 Å². The predicted octanol–water partition coefficient (Wildman–Crippen LogP) is 1.61. The number of fused-ring (bicyclic) bond motifs is 1. The van der Waals surface area contributed by atoms with Crippen molar-refractivity contribution < 1.29 is 0 Å². The molecule has 0 aliphatic carbocycles. The molecule has 3 aromatic heterocycles. The van der Waals surface area contributed by atoms with E-state index in [2.05, 4.69) is 15.0 Å². The van der Waals surface area contributed by atoms with E-state index >= 15 is 0 Å². The third kappa shape index (κ3) is 1.52. The van der Waals surface area contributed by atoms with Crippen molar-refractivity contribution in [3.8, 4) is 11.4 Å². The molecule has 0 fully saturated rings. The van der Waals surface area contributed by atoms with Gasteiger partial charge < -0.3 is 10.3 Å². The van der Waals surface area contributed by atoms with Crippen LogP contribution in [0.5, 0.6) is 0 Å². The molecule has 5 heteroatoms. The van der Waals surface area contributed by atoms with Gasteiger partial charge in [-0.05, 0) is 24.3 Å². The second-order valence-corrected chi connectivity index (χ2v) is 3.81. The summed E-state index contributed by atoms with van der Waals surface area (Å²) in [4.78, 5) is 12.9. The fourth-order valence-electron chi connectivity index (χ4n) is 1.82. The Bertz CT molecular complexity index is 669. The quantitative estimate of drug-likeness (QED) is 0.683. The third-order valence-electron chi connectivity index (χ3n) is 2.67. The molecule has 0 aliphatic rings. The number of nitrogens with two attached hydrogens (primary N) is 1. The first kappa shape index (κ1) is 9.77. The summed E-state index contributed by atoms with van der Waals surface area (Å²) in [5.41, 5.74) is 8.23. The molecule has 0 aliphatic heterocycles. The summed E-state index contributed by atoms with van der Waals surface area (Å²) >= 11 is 0. The van der Waals surface area contributed by atoms with Gasteiger partial charge in [0.2, 0.25) is 0 Å². The summed E-state index contributed by atoms with van der Waals surface area (Å²) in [6.07, 6.45) is 3.48. The van der Waals surface area contributed by atoms with Gasteiger partial charge in [-0.3, -0.25) is 0 Å². The third-order valence-corrected chi connectivity index (χ3v) is 2.67. The Hall–Kier alpha value is -2.43. The highest BCUT2D eigenvalue weighted by Crippen LogP contribution is 2.21. The Kier molecular flexibility index (Phi) is 2.04. The van der Waals surface area contributed by atoms with Crippen molar-refractivity contribution in [1.82, 2.24) is 19.5 Å². The molecule has 0 saturated heterocycles. The van der Waals surface area contributed by atoms with Gasteiger partial charge in [0, 0.05) is 25.0 Å². The van der Waals surface area contributed by atoms with Gasteiger partial charge in [-0.25, -0.2) is 15.0 Å². The lowest BCUT2D eigenvalue weighted by Crippen LogP contribution is -1.95. The second kappa shape index (κ2) is 3.55. The van der Waals surface area contributed by atoms with Gasteiger partial charge in [0.05, 0.1) is 0 Å². The fourth-order valence-corrected chi connectivity index (χ4v) is 1.82. The van der Waals surface area contributed by atoms with Gasteiger partial charge in [0.15, 0.2) is 5.65 Å². The molecule has 2 N–H and O–H groups in total. The lowest BCUT2D eigenvalue weighted by atomic mass is 10.2. The van der Waals surface area contributed by atoms with E-state index in [9.17, 15) is 0 Å². The number of aryl methyl sites for hydroxylation is 1. The number of hydrogen-bond acceptors (Lipinski definition) is 4. The summed E-state index contributed by atoms with van der Waals surface area (Å²) in [5, 5.41) is 0. The van der Waals surface area contributed by atoms with Crippen molar-refractivity contribution in [2.75, 3.05) is 5.73 Å². The average Bonchev–Trinajstić information content (AvgIpc) is 2.69. The molecule has 5 nitrogen and oxygen atoms in total. The van der Waals surface area contributed by atoms with Gasteiger partial charge >= 0.3 is 0 Å². The van der Waals surface area contributed by atoms with Crippen molar-refractivity contribution >= 4 is 17.0 Å². The molecular formula is C12H11N5. The molecule has 0 radical (unpaired) electrons. The Labute approximate surface area is 98.0 Å². The summed E-state index contributed by atoms with van der Waals surface area (Å²) in [7, 11) is 1.94. The van der Waals surface area contributed by atoms with Crippen molar-refractivity contribution in [1.29, 1.82) is 0 Å². The molecule has 0 atom stereocenters. The Balaban J connectivity index is 2.24. The Morgan fingerprint density at radius 1 is 1.18 bits per heavy atom. The number of aromatic nitrogens is 4. The Morgan fingerprint density at radius 3 is 2.76 bits per heavy atom. The summed E-state index contributed by atoms with van der Waals surface area (Å²) < 4.78 is 1.95. The first-order chi connectivity index (χ1) is 8.25. The number of pyridine rings is 2. The maximum atomic E-state index is 5.57. The van der Waals surface area contributed by atoms with Crippen LogP contribution < -0.4 is 5.73 Å². The number of nitrogens with zero attached hydrogens (tertiary/aromatic N) is 4. The van der Waals surface area contributed by atoms with Crippen LogP contribution in [0.15, 0.2) is 36.7 Å². The van der Waals surface area contributed by atoms with E-state index in [0.29, 0.717) is 5.82 Å². The molecule has 0 amide bonds. The van der Waals surface area contributed by atoms with E-state index < -0.39 is 0 Å². The lowest BCUT2D eigenvalue weighted by molar-refractivity contribution is 0.941. The van der Waals surface area contributed by atoms with Crippen LogP contribution in [0.3, 0.4) is 0 Å². The van der Waals surface area contributed by atoms with Crippen LogP contribution >= 0.6 is 0 Å². The van der Waals surface area contributed by atoms with E-state index in [0.717, 1.165) is 22.6 Å². The zero-order chi connectivity index (χ0) is 11.8. The topological polar surface area (TPSA) is 69.6 Å². The van der Waals surface area contributed by atoms with Crippen LogP contribution in [0.25, 0.3) is 22.6 Å². The Morgan fingerprint density at radius 2 is 2.06 bits per heavy atom. The van der Waals surface area contributed by atoms with Crippen molar-refractivity contribution in [3.05, 3.63) is 36.7 Å². The molecule has 3 heterocycles. The van der Waals surface area contributed by atoms with E-state index in [-0.39, 0.29) is 0 Å². The van der Waals surface area contributed by atoms with Gasteiger partial charge in [-0.15, -0.1) is 0 Å². The van der Waals surface area contributed by atoms with Crippen molar-refractivity contribution in [3.63, 3.8) is 0 Å². The molecule has 17 heavy (non-hydrogen) atoms. The number of anilines is 1. The van der Waals surface area contributed by atoms with Gasteiger partial charge in [0.1, 0.15) is 17.2 Å². The van der Waals surface area contributed by atoms with Crippen molar-refractivity contribution in [2.24, 2.45) is 7.05 Å². The maximum absolute atomic E-state index is 5.57. The molecule has 3 aromatic rings. The zero-order valence-electron chi connectivity index (χ0n) is 9.33. The minimum Gasteiger partial charge on any atom is -0.384 e. The van der Waals surface area contributed by atoms with Gasteiger partial charge in [0.25, 0.3) is 0 Å². The fraction of sp³-hybridized carbons (Fsp3) is 0.0833. The van der Waals surface area contributed by atoms with E-state index in [1.807, 2.05) is 29.8 Å². The number of rotatable bonds is 1. The molecular weight excluding hydrogens is 214 g/mol. The monoisotopic (exact) mass is 225 g/mol. The van der Waals surface area contributed by atoms with Crippen molar-refractivity contribution in [2.45, 2.75) is 0 Å². The molecule has 0 aromatic carbocycles. The minimum absolute atomic E-state index is 0.505. The van der Waals surface area contributed by atoms with Crippen LogP contribution in [-0.2, 0) is 7.05 Å². The maximum Gasteiger partial charge on any atom is 0.159 e. The van der Waals surface area contributed by atoms with Gasteiger partial charge in [-0.2, -0.15) is 0 Å². The van der Waals surface area contributed by atoms with E-state index in [4.69, 9.17) is 5.73 Å². The first-order valence-corrected chi connectivity index (χ1v) is 5.25. The van der Waals surface area contributed by atoms with Crippen LogP contribution in [0, 0.1) is 0 Å². The van der Waals surface area contributed by atoms with Crippen LogP contribution in [0.1, 0.15) is 0 Å². The molecule has 0 saturated carbocycles. The molecule has 0 spiro atoms. The molecule has 0 unspecified atom stereocenters. The molecule has 0 bridgehead atoms.